The Bertz CT molecular complexity index is 1500. The van der Waals surface area contributed by atoms with Crippen LogP contribution in [-0.2, 0) is 24.4 Å². The summed E-state index contributed by atoms with van der Waals surface area (Å²) in [4.78, 5) is 20.6. The van der Waals surface area contributed by atoms with Crippen molar-refractivity contribution in [2.45, 2.75) is 32.7 Å². The summed E-state index contributed by atoms with van der Waals surface area (Å²) in [7, 11) is 1.62. The quantitative estimate of drug-likeness (QED) is 0.342. The van der Waals surface area contributed by atoms with Crippen LogP contribution in [0.15, 0.2) is 54.7 Å². The second kappa shape index (κ2) is 10.2. The molecule has 2 aliphatic rings. The zero-order chi connectivity index (χ0) is 26.2. The minimum absolute atomic E-state index is 0.136. The molecule has 38 heavy (non-hydrogen) atoms. The average molecular weight is 533 g/mol. The number of halogens is 1. The van der Waals surface area contributed by atoms with Crippen LogP contribution in [0, 0.1) is 6.92 Å². The first kappa shape index (κ1) is 24.6. The molecule has 1 fully saturated rings. The van der Waals surface area contributed by atoms with Crippen molar-refractivity contribution in [3.05, 3.63) is 82.1 Å². The number of carbonyl (C=O) groups is 1. The number of aromatic nitrogens is 2. The topological polar surface area (TPSA) is 77.8 Å². The molecular weight excluding hydrogens is 504 g/mol. The van der Waals surface area contributed by atoms with Gasteiger partial charge in [-0.15, -0.1) is 0 Å². The van der Waals surface area contributed by atoms with E-state index in [1.54, 1.807) is 12.0 Å². The molecule has 196 valence electrons. The molecule has 0 bridgehead atoms. The van der Waals surface area contributed by atoms with Crippen LogP contribution >= 0.6 is 11.6 Å². The van der Waals surface area contributed by atoms with Crippen molar-refractivity contribution in [2.75, 3.05) is 32.2 Å². The van der Waals surface area contributed by atoms with Gasteiger partial charge in [-0.1, -0.05) is 41.9 Å². The maximum Gasteiger partial charge on any atom is 0.257 e. The molecular formula is C29H29ClN4O4. The number of hydrogen-bond acceptors (Lipinski definition) is 6. The molecule has 1 amide bonds. The van der Waals surface area contributed by atoms with Gasteiger partial charge >= 0.3 is 0 Å². The smallest absolute Gasteiger partial charge is 0.257 e. The maximum absolute atomic E-state index is 14.1. The highest BCUT2D eigenvalue weighted by atomic mass is 35.5. The van der Waals surface area contributed by atoms with E-state index < -0.39 is 0 Å². The fraction of sp³-hybridized carbons (Fsp3) is 0.310. The van der Waals surface area contributed by atoms with E-state index in [2.05, 4.69) is 14.9 Å². The Labute approximate surface area is 226 Å². The third-order valence-corrected chi connectivity index (χ3v) is 7.45. The van der Waals surface area contributed by atoms with Crippen LogP contribution in [0.25, 0.3) is 10.9 Å². The van der Waals surface area contributed by atoms with Crippen LogP contribution in [0.1, 0.15) is 27.2 Å². The van der Waals surface area contributed by atoms with Crippen LogP contribution in [0.4, 0.5) is 5.69 Å². The van der Waals surface area contributed by atoms with Crippen molar-refractivity contribution in [3.8, 4) is 11.6 Å². The molecule has 2 aromatic heterocycles. The number of rotatable bonds is 8. The van der Waals surface area contributed by atoms with Gasteiger partial charge in [0.2, 0.25) is 5.88 Å². The summed E-state index contributed by atoms with van der Waals surface area (Å²) in [6.07, 6.45) is 2.01. The standard InChI is InChI=1S/C29H29ClN4O4/c1-18-12-24(36-2)22(28(31-18)38-15-19-6-4-3-5-7-19)14-34-11-10-33-9-8-20-13-23(32-21-16-37-17-21)26(30)25(27(20)33)29(34)35/h3-9,12-13,21,32H,10-11,14-17H2,1-2H3. The molecule has 2 aliphatic heterocycles. The Morgan fingerprint density at radius 2 is 1.97 bits per heavy atom. The second-order valence-electron chi connectivity index (χ2n) is 9.69. The van der Waals surface area contributed by atoms with Gasteiger partial charge in [-0.2, -0.15) is 0 Å². The highest BCUT2D eigenvalue weighted by Crippen LogP contribution is 2.38. The molecule has 4 aromatic rings. The fourth-order valence-electron chi connectivity index (χ4n) is 5.02. The van der Waals surface area contributed by atoms with Gasteiger partial charge in [0, 0.05) is 36.4 Å². The molecule has 0 radical (unpaired) electrons. The Balaban J connectivity index is 1.35. The number of aryl methyl sites for hydroxylation is 1. The van der Waals surface area contributed by atoms with Crippen LogP contribution < -0.4 is 14.8 Å². The van der Waals surface area contributed by atoms with Gasteiger partial charge in [-0.25, -0.2) is 4.98 Å². The number of anilines is 1. The van der Waals surface area contributed by atoms with Gasteiger partial charge in [0.05, 0.1) is 60.3 Å². The number of benzene rings is 2. The number of methoxy groups -OCH3 is 1. The van der Waals surface area contributed by atoms with Gasteiger partial charge in [-0.05, 0) is 24.6 Å². The Morgan fingerprint density at radius 1 is 1.16 bits per heavy atom. The van der Waals surface area contributed by atoms with Crippen molar-refractivity contribution in [1.82, 2.24) is 14.5 Å². The fourth-order valence-corrected chi connectivity index (χ4v) is 5.30. The molecule has 2 aromatic carbocycles. The number of pyridine rings is 1. The first-order valence-electron chi connectivity index (χ1n) is 12.7. The van der Waals surface area contributed by atoms with Crippen LogP contribution in [0.3, 0.4) is 0 Å². The predicted molar refractivity (Wildman–Crippen MR) is 146 cm³/mol. The Hall–Kier alpha value is -3.75. The van der Waals surface area contributed by atoms with Crippen molar-refractivity contribution in [2.24, 2.45) is 0 Å². The summed E-state index contributed by atoms with van der Waals surface area (Å²) in [5.41, 5.74) is 4.63. The predicted octanol–water partition coefficient (Wildman–Crippen LogP) is 5.05. The average Bonchev–Trinajstić information content (AvgIpc) is 3.24. The molecule has 9 heteroatoms. The van der Waals surface area contributed by atoms with Crippen molar-refractivity contribution in [3.63, 3.8) is 0 Å². The molecule has 6 rings (SSSR count). The monoisotopic (exact) mass is 532 g/mol. The lowest BCUT2D eigenvalue weighted by Crippen LogP contribution is -2.40. The molecule has 0 saturated carbocycles. The van der Waals surface area contributed by atoms with E-state index in [-0.39, 0.29) is 18.5 Å². The molecule has 0 atom stereocenters. The summed E-state index contributed by atoms with van der Waals surface area (Å²) in [5, 5.41) is 4.83. The van der Waals surface area contributed by atoms with E-state index in [1.165, 1.54) is 0 Å². The van der Waals surface area contributed by atoms with E-state index >= 15 is 0 Å². The summed E-state index contributed by atoms with van der Waals surface area (Å²) in [5.74, 6) is 0.954. The van der Waals surface area contributed by atoms with E-state index in [0.717, 1.165) is 33.4 Å². The minimum Gasteiger partial charge on any atom is -0.496 e. The highest BCUT2D eigenvalue weighted by molar-refractivity contribution is 6.38. The molecule has 8 nitrogen and oxygen atoms in total. The van der Waals surface area contributed by atoms with E-state index in [1.807, 2.05) is 61.7 Å². The number of carbonyl (C=O) groups excluding carboxylic acids is 1. The molecule has 0 spiro atoms. The SMILES string of the molecule is COc1cc(C)nc(OCc2ccccc2)c1CN1CCn2ccc3cc(NC4COC4)c(Cl)c(c32)C1=O. The minimum atomic E-state index is -0.136. The van der Waals surface area contributed by atoms with Crippen LogP contribution in [0.5, 0.6) is 11.6 Å². The number of nitrogens with zero attached hydrogens (tertiary/aromatic N) is 3. The molecule has 0 aliphatic carbocycles. The lowest BCUT2D eigenvalue weighted by molar-refractivity contribution is 0.0211. The number of ether oxygens (including phenoxy) is 3. The van der Waals surface area contributed by atoms with E-state index in [4.69, 9.17) is 25.8 Å². The van der Waals surface area contributed by atoms with E-state index in [0.29, 0.717) is 55.1 Å². The molecule has 4 heterocycles. The van der Waals surface area contributed by atoms with Gasteiger partial charge in [-0.3, -0.25) is 4.79 Å². The van der Waals surface area contributed by atoms with Gasteiger partial charge in [0.1, 0.15) is 12.4 Å². The zero-order valence-corrected chi connectivity index (χ0v) is 22.1. The van der Waals surface area contributed by atoms with Crippen LogP contribution in [0.2, 0.25) is 5.02 Å². The normalized spacial score (nSPS) is 15.3. The van der Waals surface area contributed by atoms with Crippen molar-refractivity contribution >= 4 is 34.1 Å². The molecule has 1 saturated heterocycles. The van der Waals surface area contributed by atoms with Gasteiger partial charge in [0.15, 0.2) is 0 Å². The molecule has 0 unspecified atom stereocenters. The lowest BCUT2D eigenvalue weighted by Gasteiger charge is -2.29. The van der Waals surface area contributed by atoms with Crippen molar-refractivity contribution in [1.29, 1.82) is 0 Å². The summed E-state index contributed by atoms with van der Waals surface area (Å²) < 4.78 is 19.3. The first-order chi connectivity index (χ1) is 18.5. The largest absolute Gasteiger partial charge is 0.496 e. The summed E-state index contributed by atoms with van der Waals surface area (Å²) >= 11 is 6.91. The maximum atomic E-state index is 14.1. The number of nitrogens with one attached hydrogen (secondary N) is 1. The lowest BCUT2D eigenvalue weighted by atomic mass is 10.1. The van der Waals surface area contributed by atoms with Gasteiger partial charge < -0.3 is 29.0 Å². The highest BCUT2D eigenvalue weighted by Gasteiger charge is 2.31. The third kappa shape index (κ3) is 4.54. The summed E-state index contributed by atoms with van der Waals surface area (Å²) in [6.45, 7) is 4.92. The van der Waals surface area contributed by atoms with Crippen LogP contribution in [-0.4, -0.2) is 53.3 Å². The zero-order valence-electron chi connectivity index (χ0n) is 21.4. The van der Waals surface area contributed by atoms with Crippen molar-refractivity contribution < 1.29 is 19.0 Å². The first-order valence-corrected chi connectivity index (χ1v) is 13.1. The summed E-state index contributed by atoms with van der Waals surface area (Å²) in [6, 6.07) is 16.0. The second-order valence-corrected chi connectivity index (χ2v) is 10.1. The molecule has 1 N–H and O–H groups in total. The number of hydrogen-bond donors (Lipinski definition) is 1. The Kier molecular flexibility index (Phi) is 6.59. The number of amides is 1. The van der Waals surface area contributed by atoms with E-state index in [9.17, 15) is 4.79 Å². The Morgan fingerprint density at radius 3 is 2.71 bits per heavy atom. The van der Waals surface area contributed by atoms with Gasteiger partial charge in [0.25, 0.3) is 5.91 Å². The third-order valence-electron chi connectivity index (χ3n) is 7.06.